The number of carbonyl (C=O) groups excluding carboxylic acids is 1. The molecule has 0 bridgehead atoms. The average molecular weight is 330 g/mol. The molecule has 5 nitrogen and oxygen atoms in total. The molecule has 0 aliphatic carbocycles. The Labute approximate surface area is 140 Å². The second-order valence-corrected chi connectivity index (χ2v) is 6.92. The molecule has 1 atom stereocenters. The van der Waals surface area contributed by atoms with Gasteiger partial charge in [-0.05, 0) is 31.4 Å². The molecule has 0 spiro atoms. The van der Waals surface area contributed by atoms with E-state index in [2.05, 4.69) is 44.8 Å². The Balaban J connectivity index is 1.38. The molecule has 0 radical (unpaired) electrons. The lowest BCUT2D eigenvalue weighted by molar-refractivity contribution is 0.239. The van der Waals surface area contributed by atoms with Crippen molar-refractivity contribution in [3.05, 3.63) is 46.4 Å². The highest BCUT2D eigenvalue weighted by atomic mass is 32.1. The van der Waals surface area contributed by atoms with E-state index < -0.39 is 0 Å². The van der Waals surface area contributed by atoms with Gasteiger partial charge in [-0.1, -0.05) is 18.2 Å². The number of hydrogen-bond acceptors (Lipinski definition) is 4. The highest BCUT2D eigenvalue weighted by Gasteiger charge is 2.22. The van der Waals surface area contributed by atoms with E-state index in [1.807, 2.05) is 18.4 Å². The number of aromatic nitrogens is 1. The van der Waals surface area contributed by atoms with Crippen LogP contribution in [0.2, 0.25) is 0 Å². The quantitative estimate of drug-likeness (QED) is 0.886. The van der Waals surface area contributed by atoms with Gasteiger partial charge in [-0.25, -0.2) is 9.78 Å². The predicted octanol–water partition coefficient (Wildman–Crippen LogP) is 2.78. The van der Waals surface area contributed by atoms with Crippen LogP contribution in [0.3, 0.4) is 0 Å². The van der Waals surface area contributed by atoms with E-state index in [9.17, 15) is 4.79 Å². The Kier molecular flexibility index (Phi) is 5.12. The van der Waals surface area contributed by atoms with Crippen LogP contribution in [0.4, 0.5) is 10.5 Å². The van der Waals surface area contributed by atoms with Crippen LogP contribution in [0, 0.1) is 12.8 Å². The van der Waals surface area contributed by atoms with Crippen molar-refractivity contribution in [2.75, 3.05) is 24.5 Å². The van der Waals surface area contributed by atoms with Gasteiger partial charge < -0.3 is 15.5 Å². The first kappa shape index (κ1) is 15.8. The number of aryl methyl sites for hydroxylation is 1. The Morgan fingerprint density at radius 1 is 1.35 bits per heavy atom. The van der Waals surface area contributed by atoms with Crippen molar-refractivity contribution in [1.29, 1.82) is 0 Å². The van der Waals surface area contributed by atoms with Crippen molar-refractivity contribution < 1.29 is 4.79 Å². The smallest absolute Gasteiger partial charge is 0.315 e. The lowest BCUT2D eigenvalue weighted by atomic mass is 10.1. The standard InChI is InChI=1S/C17H22N4OS/c1-13-20-15(12-23-13)10-19-17(22)18-9-14-7-8-21(11-14)16-5-3-2-4-6-16/h2-6,12,14H,7-11H2,1H3,(H2,18,19,22)/t14-/m0/s1. The minimum absolute atomic E-state index is 0.117. The Bertz CT molecular complexity index is 643. The zero-order chi connectivity index (χ0) is 16.1. The largest absolute Gasteiger partial charge is 0.371 e. The van der Waals surface area contributed by atoms with Crippen LogP contribution in [-0.2, 0) is 6.54 Å². The predicted molar refractivity (Wildman–Crippen MR) is 93.9 cm³/mol. The van der Waals surface area contributed by atoms with Crippen LogP contribution < -0.4 is 15.5 Å². The first-order chi connectivity index (χ1) is 11.2. The number of carbonyl (C=O) groups is 1. The number of nitrogens with zero attached hydrogens (tertiary/aromatic N) is 2. The first-order valence-corrected chi connectivity index (χ1v) is 8.81. The molecule has 122 valence electrons. The summed E-state index contributed by atoms with van der Waals surface area (Å²) in [6, 6.07) is 10.3. The monoisotopic (exact) mass is 330 g/mol. The number of amides is 2. The zero-order valence-electron chi connectivity index (χ0n) is 13.3. The number of para-hydroxylation sites is 1. The van der Waals surface area contributed by atoms with Crippen molar-refractivity contribution in [1.82, 2.24) is 15.6 Å². The molecule has 2 amide bonds. The van der Waals surface area contributed by atoms with Crippen molar-refractivity contribution in [2.45, 2.75) is 19.9 Å². The molecule has 2 aromatic rings. The van der Waals surface area contributed by atoms with Crippen molar-refractivity contribution in [3.63, 3.8) is 0 Å². The van der Waals surface area contributed by atoms with Gasteiger partial charge in [0.1, 0.15) is 0 Å². The van der Waals surface area contributed by atoms with E-state index in [1.165, 1.54) is 5.69 Å². The minimum atomic E-state index is -0.117. The van der Waals surface area contributed by atoms with Gasteiger partial charge in [-0.2, -0.15) is 0 Å². The van der Waals surface area contributed by atoms with E-state index in [4.69, 9.17) is 0 Å². The summed E-state index contributed by atoms with van der Waals surface area (Å²) >= 11 is 1.60. The first-order valence-electron chi connectivity index (χ1n) is 7.93. The van der Waals surface area contributed by atoms with E-state index in [0.29, 0.717) is 19.0 Å². The summed E-state index contributed by atoms with van der Waals surface area (Å²) in [5, 5.41) is 8.83. The van der Waals surface area contributed by atoms with Gasteiger partial charge in [0.15, 0.2) is 0 Å². The normalized spacial score (nSPS) is 17.3. The Morgan fingerprint density at radius 3 is 2.91 bits per heavy atom. The maximum atomic E-state index is 11.9. The molecule has 1 aliphatic rings. The highest BCUT2D eigenvalue weighted by molar-refractivity contribution is 7.09. The number of urea groups is 1. The van der Waals surface area contributed by atoms with Gasteiger partial charge in [0.2, 0.25) is 0 Å². The van der Waals surface area contributed by atoms with E-state index >= 15 is 0 Å². The third kappa shape index (κ3) is 4.45. The molecule has 1 aromatic heterocycles. The summed E-state index contributed by atoms with van der Waals surface area (Å²) in [7, 11) is 0. The molecule has 23 heavy (non-hydrogen) atoms. The molecule has 0 unspecified atom stereocenters. The van der Waals surface area contributed by atoms with Crippen molar-refractivity contribution >= 4 is 23.1 Å². The number of nitrogens with one attached hydrogen (secondary N) is 2. The van der Waals surface area contributed by atoms with Crippen LogP contribution in [0.15, 0.2) is 35.7 Å². The summed E-state index contributed by atoms with van der Waals surface area (Å²) < 4.78 is 0. The molecule has 1 aliphatic heterocycles. The fraction of sp³-hybridized carbons (Fsp3) is 0.412. The summed E-state index contributed by atoms with van der Waals surface area (Å²) in [6.07, 6.45) is 1.11. The summed E-state index contributed by atoms with van der Waals surface area (Å²) in [5.74, 6) is 0.502. The topological polar surface area (TPSA) is 57.3 Å². The van der Waals surface area contributed by atoms with Gasteiger partial charge >= 0.3 is 6.03 Å². The molecule has 0 saturated carbocycles. The molecular weight excluding hydrogens is 308 g/mol. The second-order valence-electron chi connectivity index (χ2n) is 5.86. The fourth-order valence-electron chi connectivity index (χ4n) is 2.83. The maximum Gasteiger partial charge on any atom is 0.315 e. The van der Waals surface area contributed by atoms with E-state index in [-0.39, 0.29) is 6.03 Å². The highest BCUT2D eigenvalue weighted by Crippen LogP contribution is 2.22. The minimum Gasteiger partial charge on any atom is -0.371 e. The third-order valence-electron chi connectivity index (χ3n) is 4.06. The summed E-state index contributed by atoms with van der Waals surface area (Å²) in [6.45, 7) is 5.21. The van der Waals surface area contributed by atoms with Gasteiger partial charge in [0.05, 0.1) is 17.2 Å². The number of thiazole rings is 1. The molecular formula is C17H22N4OS. The lowest BCUT2D eigenvalue weighted by Gasteiger charge is -2.18. The SMILES string of the molecule is Cc1nc(CNC(=O)NC[C@@H]2CCN(c3ccccc3)C2)cs1. The number of rotatable bonds is 5. The van der Waals surface area contributed by atoms with Crippen LogP contribution in [0.1, 0.15) is 17.1 Å². The Morgan fingerprint density at radius 2 is 2.17 bits per heavy atom. The molecule has 3 rings (SSSR count). The number of benzene rings is 1. The van der Waals surface area contributed by atoms with Gasteiger partial charge in [0.25, 0.3) is 0 Å². The van der Waals surface area contributed by atoms with Crippen molar-refractivity contribution in [2.24, 2.45) is 5.92 Å². The maximum absolute atomic E-state index is 11.9. The second kappa shape index (κ2) is 7.46. The van der Waals surface area contributed by atoms with Crippen LogP contribution >= 0.6 is 11.3 Å². The van der Waals surface area contributed by atoms with Crippen LogP contribution in [-0.4, -0.2) is 30.6 Å². The van der Waals surface area contributed by atoms with Crippen LogP contribution in [0.5, 0.6) is 0 Å². The molecule has 1 fully saturated rings. The molecule has 2 heterocycles. The van der Waals surface area contributed by atoms with E-state index in [1.54, 1.807) is 11.3 Å². The molecule has 6 heteroatoms. The molecule has 1 saturated heterocycles. The van der Waals surface area contributed by atoms with Crippen LogP contribution in [0.25, 0.3) is 0 Å². The lowest BCUT2D eigenvalue weighted by Crippen LogP contribution is -2.38. The number of anilines is 1. The Hall–Kier alpha value is -2.08. The third-order valence-corrected chi connectivity index (χ3v) is 4.88. The zero-order valence-corrected chi connectivity index (χ0v) is 14.1. The fourth-order valence-corrected chi connectivity index (χ4v) is 3.44. The van der Waals surface area contributed by atoms with Crippen molar-refractivity contribution in [3.8, 4) is 0 Å². The molecule has 1 aromatic carbocycles. The summed E-state index contributed by atoms with van der Waals surface area (Å²) in [5.41, 5.74) is 2.18. The van der Waals surface area contributed by atoms with Gasteiger partial charge in [-0.3, -0.25) is 0 Å². The molecule has 2 N–H and O–H groups in total. The summed E-state index contributed by atoms with van der Waals surface area (Å²) in [4.78, 5) is 18.6. The average Bonchev–Trinajstić information content (AvgIpc) is 3.21. The number of hydrogen-bond donors (Lipinski definition) is 2. The van der Waals surface area contributed by atoms with E-state index in [0.717, 1.165) is 30.2 Å². The van der Waals surface area contributed by atoms with Gasteiger partial charge in [0, 0.05) is 30.7 Å². The van der Waals surface area contributed by atoms with Gasteiger partial charge in [-0.15, -0.1) is 11.3 Å².